The molecule has 0 heterocycles. The van der Waals surface area contributed by atoms with Gasteiger partial charge in [-0.1, -0.05) is 0 Å². The summed E-state index contributed by atoms with van der Waals surface area (Å²) in [6.07, 6.45) is 1.27. The first-order chi connectivity index (χ1) is 18.3. The molecule has 0 radical (unpaired) electrons. The van der Waals surface area contributed by atoms with E-state index < -0.39 is 29.3 Å². The molecule has 0 amide bonds. The first-order valence-corrected chi connectivity index (χ1v) is 12.9. The quantitative estimate of drug-likeness (QED) is 0.131. The first-order valence-electron chi connectivity index (χ1n) is 12.9. The Kier molecular flexibility index (Phi) is 17.9. The van der Waals surface area contributed by atoms with Gasteiger partial charge in [0.05, 0.1) is 25.7 Å². The standard InChI is InChI=1S/C27H44N4O8/c1-19(28)7-11-23(32)36-15-27(16-37-24(33)12-8-20(2)29,17-38-25(34)13-9-21(3)30-5)18-39-26(35)14-10-22(4)31-6/h28-29H,7-18H2,1-6H3/b28-19?,29-20?,30-21+,31-22+. The van der Waals surface area contributed by atoms with E-state index in [4.69, 9.17) is 29.8 Å². The summed E-state index contributed by atoms with van der Waals surface area (Å²) in [4.78, 5) is 57.5. The zero-order valence-electron chi connectivity index (χ0n) is 24.1. The Hall–Kier alpha value is -3.44. The second-order valence-electron chi connectivity index (χ2n) is 9.62. The van der Waals surface area contributed by atoms with Gasteiger partial charge in [-0.2, -0.15) is 0 Å². The average molecular weight is 553 g/mol. The van der Waals surface area contributed by atoms with Crippen LogP contribution in [0, 0.1) is 16.2 Å². The van der Waals surface area contributed by atoms with Gasteiger partial charge >= 0.3 is 23.9 Å². The van der Waals surface area contributed by atoms with E-state index in [1.165, 1.54) is 0 Å². The van der Waals surface area contributed by atoms with Crippen LogP contribution in [-0.4, -0.2) is 87.2 Å². The molecule has 2 N–H and O–H groups in total. The van der Waals surface area contributed by atoms with E-state index in [9.17, 15) is 19.2 Å². The van der Waals surface area contributed by atoms with Crippen LogP contribution in [0.5, 0.6) is 0 Å². The molecule has 39 heavy (non-hydrogen) atoms. The molecule has 0 saturated carbocycles. The molecule has 0 aliphatic carbocycles. The molecule has 0 bridgehead atoms. The number of aliphatic imine (C=N–C) groups is 2. The van der Waals surface area contributed by atoms with E-state index in [1.807, 2.05) is 0 Å². The van der Waals surface area contributed by atoms with E-state index >= 15 is 0 Å². The van der Waals surface area contributed by atoms with Crippen molar-refractivity contribution < 1.29 is 38.1 Å². The van der Waals surface area contributed by atoms with Gasteiger partial charge in [-0.15, -0.1) is 0 Å². The summed E-state index contributed by atoms with van der Waals surface area (Å²) in [5, 5.41) is 15.0. The van der Waals surface area contributed by atoms with E-state index in [0.29, 0.717) is 24.3 Å². The topological polar surface area (TPSA) is 178 Å². The third-order valence-electron chi connectivity index (χ3n) is 5.71. The lowest BCUT2D eigenvalue weighted by Crippen LogP contribution is -2.44. The molecule has 0 aliphatic heterocycles. The summed E-state index contributed by atoms with van der Waals surface area (Å²) >= 11 is 0. The second kappa shape index (κ2) is 19.6. The van der Waals surface area contributed by atoms with Crippen LogP contribution < -0.4 is 0 Å². The Balaban J connectivity index is 5.73. The molecule has 0 aromatic rings. The maximum atomic E-state index is 12.4. The Morgan fingerprint density at radius 2 is 0.769 bits per heavy atom. The van der Waals surface area contributed by atoms with Gasteiger partial charge in [0.25, 0.3) is 0 Å². The van der Waals surface area contributed by atoms with Crippen LogP contribution in [0.3, 0.4) is 0 Å². The van der Waals surface area contributed by atoms with Gasteiger partial charge in [-0.05, 0) is 53.4 Å². The fourth-order valence-electron chi connectivity index (χ4n) is 2.84. The summed E-state index contributed by atoms with van der Waals surface area (Å²) in [6, 6.07) is 0. The van der Waals surface area contributed by atoms with Gasteiger partial charge in [0.15, 0.2) is 0 Å². The molecule has 0 aromatic heterocycles. The van der Waals surface area contributed by atoms with Crippen molar-refractivity contribution in [3.63, 3.8) is 0 Å². The highest BCUT2D eigenvalue weighted by atomic mass is 16.6. The molecular weight excluding hydrogens is 508 g/mol. The number of nitrogens with zero attached hydrogens (tertiary/aromatic N) is 2. The van der Waals surface area contributed by atoms with Gasteiger partial charge < -0.3 is 29.8 Å². The van der Waals surface area contributed by atoms with Crippen molar-refractivity contribution in [3.8, 4) is 0 Å². The van der Waals surface area contributed by atoms with Crippen molar-refractivity contribution >= 4 is 46.7 Å². The largest absolute Gasteiger partial charge is 0.465 e. The molecule has 12 heteroatoms. The molecule has 0 rings (SSSR count). The number of rotatable bonds is 20. The van der Waals surface area contributed by atoms with Crippen molar-refractivity contribution in [2.24, 2.45) is 15.4 Å². The fraction of sp³-hybridized carbons (Fsp3) is 0.704. The number of nitrogens with one attached hydrogen (secondary N) is 2. The maximum absolute atomic E-state index is 12.4. The van der Waals surface area contributed by atoms with Crippen LogP contribution in [0.2, 0.25) is 0 Å². The molecule has 0 spiro atoms. The van der Waals surface area contributed by atoms with Gasteiger partial charge in [0.1, 0.15) is 31.8 Å². The van der Waals surface area contributed by atoms with E-state index in [2.05, 4.69) is 9.98 Å². The number of carbonyl (C=O) groups is 4. The van der Waals surface area contributed by atoms with Gasteiger partial charge in [0.2, 0.25) is 0 Å². The highest BCUT2D eigenvalue weighted by molar-refractivity contribution is 5.86. The summed E-state index contributed by atoms with van der Waals surface area (Å²) in [5.74, 6) is -2.28. The van der Waals surface area contributed by atoms with Crippen LogP contribution >= 0.6 is 0 Å². The zero-order chi connectivity index (χ0) is 29.8. The SMILES string of the molecule is C/N=C(\C)CCC(=O)OCC(COC(=O)CCC(C)=N)(COC(=O)CCC(C)=N)COC(=O)CC/C(C)=N/C. The van der Waals surface area contributed by atoms with E-state index in [0.717, 1.165) is 11.4 Å². The van der Waals surface area contributed by atoms with Crippen LogP contribution in [0.1, 0.15) is 79.1 Å². The minimum atomic E-state index is -1.36. The van der Waals surface area contributed by atoms with Crippen molar-refractivity contribution in [2.75, 3.05) is 40.5 Å². The second-order valence-corrected chi connectivity index (χ2v) is 9.62. The molecule has 12 nitrogen and oxygen atoms in total. The Labute approximate surface area is 230 Å². The molecule has 0 fully saturated rings. The third-order valence-corrected chi connectivity index (χ3v) is 5.71. The Morgan fingerprint density at radius 1 is 0.513 bits per heavy atom. The van der Waals surface area contributed by atoms with Crippen LogP contribution in [0.4, 0.5) is 0 Å². The van der Waals surface area contributed by atoms with Crippen LogP contribution in [0.15, 0.2) is 9.98 Å². The lowest BCUT2D eigenvalue weighted by Gasteiger charge is -2.31. The highest BCUT2D eigenvalue weighted by Crippen LogP contribution is 2.23. The third kappa shape index (κ3) is 18.5. The normalized spacial score (nSPS) is 13.2. The van der Waals surface area contributed by atoms with Crippen molar-refractivity contribution in [1.29, 1.82) is 10.8 Å². The van der Waals surface area contributed by atoms with Gasteiger partial charge in [-0.3, -0.25) is 29.2 Å². The maximum Gasteiger partial charge on any atom is 0.306 e. The van der Waals surface area contributed by atoms with Gasteiger partial charge in [-0.25, -0.2) is 0 Å². The molecule has 0 saturated heterocycles. The lowest BCUT2D eigenvalue weighted by molar-refractivity contribution is -0.170. The van der Waals surface area contributed by atoms with Gasteiger partial charge in [0, 0.05) is 36.9 Å². The summed E-state index contributed by atoms with van der Waals surface area (Å²) in [6.45, 7) is 5.31. The Bertz CT molecular complexity index is 853. The van der Waals surface area contributed by atoms with E-state index in [1.54, 1.807) is 41.8 Å². The number of hydrogen-bond acceptors (Lipinski definition) is 12. The minimum Gasteiger partial charge on any atom is -0.465 e. The molecular formula is C27H44N4O8. The zero-order valence-corrected chi connectivity index (χ0v) is 24.1. The predicted octanol–water partition coefficient (Wildman–Crippen LogP) is 3.53. The minimum absolute atomic E-state index is 0.0331. The molecule has 0 atom stereocenters. The first kappa shape index (κ1) is 35.6. The average Bonchev–Trinajstić information content (AvgIpc) is 2.91. The van der Waals surface area contributed by atoms with Crippen LogP contribution in [-0.2, 0) is 38.1 Å². The van der Waals surface area contributed by atoms with Crippen LogP contribution in [0.25, 0.3) is 0 Å². The van der Waals surface area contributed by atoms with E-state index in [-0.39, 0.29) is 65.0 Å². The number of esters is 4. The lowest BCUT2D eigenvalue weighted by atomic mass is 9.92. The monoisotopic (exact) mass is 552 g/mol. The molecule has 0 unspecified atom stereocenters. The van der Waals surface area contributed by atoms with Crippen molar-refractivity contribution in [1.82, 2.24) is 0 Å². The summed E-state index contributed by atoms with van der Waals surface area (Å²) < 4.78 is 21.7. The number of ether oxygens (including phenoxy) is 4. The summed E-state index contributed by atoms with van der Waals surface area (Å²) in [7, 11) is 3.24. The van der Waals surface area contributed by atoms with Crippen molar-refractivity contribution in [3.05, 3.63) is 0 Å². The smallest absolute Gasteiger partial charge is 0.306 e. The summed E-state index contributed by atoms with van der Waals surface area (Å²) in [5.41, 5.74) is 0.798. The Morgan fingerprint density at radius 3 is 1.00 bits per heavy atom. The predicted molar refractivity (Wildman–Crippen MR) is 148 cm³/mol. The fourth-order valence-corrected chi connectivity index (χ4v) is 2.84. The molecule has 0 aromatic carbocycles. The number of hydrogen-bond donors (Lipinski definition) is 2. The number of carbonyl (C=O) groups excluding carboxylic acids is 4. The highest BCUT2D eigenvalue weighted by Gasteiger charge is 2.38. The molecule has 220 valence electrons. The molecule has 0 aliphatic rings. The van der Waals surface area contributed by atoms with Crippen molar-refractivity contribution in [2.45, 2.75) is 79.1 Å².